The van der Waals surface area contributed by atoms with Gasteiger partial charge in [-0.05, 0) is 46.6 Å². The Morgan fingerprint density at radius 2 is 2.06 bits per heavy atom. The summed E-state index contributed by atoms with van der Waals surface area (Å²) in [4.78, 5) is 0. The molecule has 2 nitrogen and oxygen atoms in total. The van der Waals surface area contributed by atoms with Crippen LogP contribution in [0.3, 0.4) is 0 Å². The first-order valence-electron chi connectivity index (χ1n) is 4.60. The Morgan fingerprint density at radius 1 is 1.41 bits per heavy atom. The van der Waals surface area contributed by atoms with Crippen molar-refractivity contribution in [1.82, 2.24) is 0 Å². The van der Waals surface area contributed by atoms with Gasteiger partial charge in [0.05, 0.1) is 4.47 Å². The van der Waals surface area contributed by atoms with Crippen LogP contribution in [0.15, 0.2) is 34.8 Å². The zero-order valence-electron chi connectivity index (χ0n) is 8.97. The Kier molecular flexibility index (Phi) is 4.45. The Balaban J connectivity index is 2.76. The van der Waals surface area contributed by atoms with Gasteiger partial charge in [-0.15, -0.1) is 13.2 Å². The van der Waals surface area contributed by atoms with Crippen molar-refractivity contribution in [1.29, 1.82) is 0 Å². The zero-order valence-corrected chi connectivity index (χ0v) is 10.6. The molecule has 0 N–H and O–H groups in total. The van der Waals surface area contributed by atoms with Gasteiger partial charge in [-0.2, -0.15) is 0 Å². The van der Waals surface area contributed by atoms with Gasteiger partial charge in [-0.25, -0.2) is 0 Å². The monoisotopic (exact) mass is 310 g/mol. The van der Waals surface area contributed by atoms with Crippen LogP contribution in [0, 0.1) is 0 Å². The molecule has 0 aliphatic carbocycles. The molecule has 0 saturated carbocycles. The van der Waals surface area contributed by atoms with Gasteiger partial charge in [0.2, 0.25) is 0 Å². The van der Waals surface area contributed by atoms with E-state index in [-0.39, 0.29) is 10.2 Å². The summed E-state index contributed by atoms with van der Waals surface area (Å²) in [7, 11) is 0. The minimum atomic E-state index is -4.71. The third kappa shape index (κ3) is 5.12. The maximum absolute atomic E-state index is 12.0. The summed E-state index contributed by atoms with van der Waals surface area (Å²) in [6.07, 6.45) is -4.71. The lowest BCUT2D eigenvalue weighted by molar-refractivity contribution is -0.274. The van der Waals surface area contributed by atoms with Gasteiger partial charge in [0.15, 0.2) is 0 Å². The van der Waals surface area contributed by atoms with Crippen molar-refractivity contribution in [3.05, 3.63) is 34.8 Å². The molecule has 0 amide bonds. The predicted molar refractivity (Wildman–Crippen MR) is 61.1 cm³/mol. The first-order chi connectivity index (χ1) is 7.78. The van der Waals surface area contributed by atoms with Crippen LogP contribution in [0.4, 0.5) is 13.2 Å². The van der Waals surface area contributed by atoms with Crippen LogP contribution in [-0.2, 0) is 0 Å². The number of benzene rings is 1. The number of ether oxygens (including phenoxy) is 2. The van der Waals surface area contributed by atoms with Crippen molar-refractivity contribution >= 4 is 15.9 Å². The second-order valence-electron chi connectivity index (χ2n) is 3.39. The van der Waals surface area contributed by atoms with Crippen molar-refractivity contribution in [3.8, 4) is 11.5 Å². The molecule has 0 aliphatic rings. The number of rotatable bonds is 4. The quantitative estimate of drug-likeness (QED) is 0.772. The van der Waals surface area contributed by atoms with Crippen LogP contribution < -0.4 is 9.47 Å². The van der Waals surface area contributed by atoms with Crippen molar-refractivity contribution in [2.45, 2.75) is 13.3 Å². The molecule has 0 atom stereocenters. The van der Waals surface area contributed by atoms with Crippen molar-refractivity contribution in [2.24, 2.45) is 0 Å². The van der Waals surface area contributed by atoms with Crippen LogP contribution in [-0.4, -0.2) is 13.0 Å². The predicted octanol–water partition coefficient (Wildman–Crippen LogP) is 4.30. The molecule has 17 heavy (non-hydrogen) atoms. The maximum atomic E-state index is 12.0. The second-order valence-corrected chi connectivity index (χ2v) is 4.24. The van der Waals surface area contributed by atoms with Crippen LogP contribution in [0.5, 0.6) is 11.5 Å². The summed E-state index contributed by atoms with van der Waals surface area (Å²) in [6.45, 7) is 5.75. The third-order valence-electron chi connectivity index (χ3n) is 1.61. The van der Waals surface area contributed by atoms with Crippen molar-refractivity contribution in [3.63, 3.8) is 0 Å². The molecule has 0 aromatic heterocycles. The molecule has 0 heterocycles. The van der Waals surface area contributed by atoms with E-state index in [9.17, 15) is 13.2 Å². The summed E-state index contributed by atoms with van der Waals surface area (Å²) in [6, 6.07) is 3.99. The maximum Gasteiger partial charge on any atom is 0.573 e. The molecule has 6 heteroatoms. The fourth-order valence-electron chi connectivity index (χ4n) is 0.985. The molecule has 0 spiro atoms. The molecule has 0 unspecified atom stereocenters. The Labute approximate surface area is 105 Å². The summed E-state index contributed by atoms with van der Waals surface area (Å²) < 4.78 is 45.2. The van der Waals surface area contributed by atoms with Gasteiger partial charge >= 0.3 is 6.36 Å². The fraction of sp³-hybridized carbons (Fsp3) is 0.273. The van der Waals surface area contributed by atoms with Gasteiger partial charge in [0, 0.05) is 0 Å². The van der Waals surface area contributed by atoms with Gasteiger partial charge < -0.3 is 9.47 Å². The Bertz CT molecular complexity index is 416. The van der Waals surface area contributed by atoms with E-state index in [1.54, 1.807) is 6.92 Å². The summed E-state index contributed by atoms with van der Waals surface area (Å²) in [5, 5.41) is 0. The van der Waals surface area contributed by atoms with Gasteiger partial charge in [-0.3, -0.25) is 0 Å². The van der Waals surface area contributed by atoms with E-state index < -0.39 is 6.36 Å². The van der Waals surface area contributed by atoms with Crippen molar-refractivity contribution in [2.75, 3.05) is 6.61 Å². The first-order valence-corrected chi connectivity index (χ1v) is 5.40. The summed E-state index contributed by atoms with van der Waals surface area (Å²) in [5.74, 6) is 0.134. The van der Waals surface area contributed by atoms with E-state index >= 15 is 0 Å². The second kappa shape index (κ2) is 5.44. The van der Waals surface area contributed by atoms with Crippen LogP contribution in [0.25, 0.3) is 0 Å². The highest BCUT2D eigenvalue weighted by atomic mass is 79.9. The van der Waals surface area contributed by atoms with E-state index in [0.29, 0.717) is 12.4 Å². The average molecular weight is 311 g/mol. The van der Waals surface area contributed by atoms with E-state index in [1.165, 1.54) is 18.2 Å². The van der Waals surface area contributed by atoms with Crippen LogP contribution >= 0.6 is 15.9 Å². The summed E-state index contributed by atoms with van der Waals surface area (Å²) in [5.41, 5.74) is 0.816. The van der Waals surface area contributed by atoms with Gasteiger partial charge in [-0.1, -0.05) is 6.58 Å². The highest BCUT2D eigenvalue weighted by Gasteiger charge is 2.31. The lowest BCUT2D eigenvalue weighted by atomic mass is 10.3. The molecule has 1 aromatic carbocycles. The highest BCUT2D eigenvalue weighted by Crippen LogP contribution is 2.33. The highest BCUT2D eigenvalue weighted by molar-refractivity contribution is 9.10. The topological polar surface area (TPSA) is 18.5 Å². The molecule has 0 radical (unpaired) electrons. The third-order valence-corrected chi connectivity index (χ3v) is 2.23. The van der Waals surface area contributed by atoms with Crippen LogP contribution in [0.1, 0.15) is 6.92 Å². The molecule has 0 aliphatic heterocycles. The van der Waals surface area contributed by atoms with E-state index in [1.807, 2.05) is 0 Å². The van der Waals surface area contributed by atoms with Gasteiger partial charge in [0.1, 0.15) is 18.1 Å². The summed E-state index contributed by atoms with van der Waals surface area (Å²) >= 11 is 2.98. The molecule has 1 aromatic rings. The van der Waals surface area contributed by atoms with E-state index in [4.69, 9.17) is 4.74 Å². The molecule has 94 valence electrons. The molecular formula is C11H10BrF3O2. The molecule has 0 saturated heterocycles. The number of alkyl halides is 3. The standard InChI is InChI=1S/C11H10BrF3O2/c1-7(2)6-16-8-3-4-10(9(12)5-8)17-11(13,14)15/h3-5H,1,6H2,2H3. The molecule has 1 rings (SSSR count). The number of halogens is 4. The minimum absolute atomic E-state index is 0.175. The molecular weight excluding hydrogens is 301 g/mol. The number of hydrogen-bond acceptors (Lipinski definition) is 2. The van der Waals surface area contributed by atoms with Crippen LogP contribution in [0.2, 0.25) is 0 Å². The normalized spacial score (nSPS) is 11.1. The Hall–Kier alpha value is -1.17. The zero-order chi connectivity index (χ0) is 13.1. The smallest absolute Gasteiger partial charge is 0.489 e. The largest absolute Gasteiger partial charge is 0.573 e. The van der Waals surface area contributed by atoms with E-state index in [2.05, 4.69) is 27.2 Å². The first kappa shape index (κ1) is 13.9. The van der Waals surface area contributed by atoms with Gasteiger partial charge in [0.25, 0.3) is 0 Å². The average Bonchev–Trinajstić information content (AvgIpc) is 2.17. The number of hydrogen-bond donors (Lipinski definition) is 0. The van der Waals surface area contributed by atoms with Crippen molar-refractivity contribution < 1.29 is 22.6 Å². The van der Waals surface area contributed by atoms with E-state index in [0.717, 1.165) is 5.57 Å². The SMILES string of the molecule is C=C(C)COc1ccc(OC(F)(F)F)c(Br)c1. The Morgan fingerprint density at radius 3 is 2.53 bits per heavy atom. The fourth-order valence-corrected chi connectivity index (χ4v) is 1.42. The molecule has 0 fully saturated rings. The molecule has 0 bridgehead atoms. The lowest BCUT2D eigenvalue weighted by Gasteiger charge is -2.12. The minimum Gasteiger partial charge on any atom is -0.489 e. The lowest BCUT2D eigenvalue weighted by Crippen LogP contribution is -2.17.